The molecule has 2 aromatic rings. The average molecular weight is 276 g/mol. The molecule has 0 aliphatic rings. The zero-order valence-corrected chi connectivity index (χ0v) is 11.1. The lowest BCUT2D eigenvalue weighted by atomic mass is 10.1. The van der Waals surface area contributed by atoms with Crippen LogP contribution in [0.5, 0.6) is 0 Å². The molecule has 98 valence electrons. The number of pyridine rings is 1. The smallest absolute Gasteiger partial charge is 0.306 e. The van der Waals surface area contributed by atoms with Gasteiger partial charge >= 0.3 is 5.97 Å². The van der Waals surface area contributed by atoms with E-state index in [4.69, 9.17) is 16.3 Å². The second-order valence-electron chi connectivity index (χ2n) is 4.14. The van der Waals surface area contributed by atoms with Crippen molar-refractivity contribution in [1.82, 2.24) is 4.98 Å². The third-order valence-corrected chi connectivity index (χ3v) is 2.87. The Balaban J connectivity index is 1.74. The highest BCUT2D eigenvalue weighted by molar-refractivity contribution is 6.29. The van der Waals surface area contributed by atoms with Gasteiger partial charge in [-0.1, -0.05) is 48.0 Å². The van der Waals surface area contributed by atoms with Crippen LogP contribution in [-0.4, -0.2) is 11.0 Å². The normalized spacial score (nSPS) is 10.2. The maximum Gasteiger partial charge on any atom is 0.306 e. The number of aryl methyl sites for hydroxylation is 1. The number of ether oxygens (including phenoxy) is 1. The molecule has 2 rings (SSSR count). The van der Waals surface area contributed by atoms with E-state index < -0.39 is 0 Å². The quantitative estimate of drug-likeness (QED) is 0.620. The van der Waals surface area contributed by atoms with Crippen LogP contribution < -0.4 is 0 Å². The fourth-order valence-electron chi connectivity index (χ4n) is 1.62. The molecule has 0 radical (unpaired) electrons. The third kappa shape index (κ3) is 4.72. The summed E-state index contributed by atoms with van der Waals surface area (Å²) in [4.78, 5) is 15.5. The number of aromatic nitrogens is 1. The van der Waals surface area contributed by atoms with Crippen molar-refractivity contribution >= 4 is 17.6 Å². The number of nitrogens with zero attached hydrogens (tertiary/aromatic N) is 1. The van der Waals surface area contributed by atoms with Gasteiger partial charge in [-0.05, 0) is 18.1 Å². The molecule has 0 aliphatic carbocycles. The van der Waals surface area contributed by atoms with E-state index in [2.05, 4.69) is 4.98 Å². The fourth-order valence-corrected chi connectivity index (χ4v) is 1.73. The molecule has 0 N–H and O–H groups in total. The Morgan fingerprint density at radius 2 is 1.89 bits per heavy atom. The molecule has 0 atom stereocenters. The average Bonchev–Trinajstić information content (AvgIpc) is 2.45. The van der Waals surface area contributed by atoms with Crippen LogP contribution in [0.3, 0.4) is 0 Å². The van der Waals surface area contributed by atoms with Crippen LogP contribution >= 0.6 is 11.6 Å². The molecule has 1 aromatic heterocycles. The van der Waals surface area contributed by atoms with Gasteiger partial charge in [-0.15, -0.1) is 0 Å². The first-order valence-corrected chi connectivity index (χ1v) is 6.42. The first-order chi connectivity index (χ1) is 9.24. The molecule has 0 bridgehead atoms. The van der Waals surface area contributed by atoms with Gasteiger partial charge in [0.15, 0.2) is 0 Å². The summed E-state index contributed by atoms with van der Waals surface area (Å²) in [5.41, 5.74) is 1.96. The minimum absolute atomic E-state index is 0.209. The Hall–Kier alpha value is -1.87. The van der Waals surface area contributed by atoms with Crippen molar-refractivity contribution in [3.8, 4) is 0 Å². The maximum atomic E-state index is 11.6. The Kier molecular flexibility index (Phi) is 4.93. The van der Waals surface area contributed by atoms with E-state index in [1.807, 2.05) is 30.3 Å². The van der Waals surface area contributed by atoms with Gasteiger partial charge in [0.1, 0.15) is 11.8 Å². The van der Waals surface area contributed by atoms with Crippen LogP contribution in [0.1, 0.15) is 17.5 Å². The van der Waals surface area contributed by atoms with Crippen molar-refractivity contribution < 1.29 is 9.53 Å². The predicted octanol–water partition coefficient (Wildman–Crippen LogP) is 3.41. The lowest BCUT2D eigenvalue weighted by Crippen LogP contribution is -2.06. The number of carbonyl (C=O) groups excluding carboxylic acids is 1. The molecule has 1 heterocycles. The van der Waals surface area contributed by atoms with E-state index in [0.29, 0.717) is 18.0 Å². The Morgan fingerprint density at radius 3 is 2.58 bits per heavy atom. The van der Waals surface area contributed by atoms with Gasteiger partial charge in [-0.3, -0.25) is 4.79 Å². The Morgan fingerprint density at radius 1 is 1.11 bits per heavy atom. The molecule has 0 amide bonds. The minimum atomic E-state index is -0.209. The molecule has 0 fully saturated rings. The monoisotopic (exact) mass is 275 g/mol. The zero-order chi connectivity index (χ0) is 13.5. The second-order valence-corrected chi connectivity index (χ2v) is 4.52. The van der Waals surface area contributed by atoms with Crippen LogP contribution in [0.2, 0.25) is 5.15 Å². The molecular weight excluding hydrogens is 262 g/mol. The van der Waals surface area contributed by atoms with E-state index >= 15 is 0 Å². The standard InChI is InChI=1S/C15H14ClNO2/c16-14-8-6-13(10-17-14)11-19-15(18)9-7-12-4-2-1-3-5-12/h1-6,8,10H,7,9,11H2. The summed E-state index contributed by atoms with van der Waals surface area (Å²) < 4.78 is 5.17. The van der Waals surface area contributed by atoms with Crippen molar-refractivity contribution in [2.24, 2.45) is 0 Å². The van der Waals surface area contributed by atoms with Gasteiger partial charge in [0.25, 0.3) is 0 Å². The number of halogens is 1. The van der Waals surface area contributed by atoms with Gasteiger partial charge in [0.05, 0.1) is 0 Å². The summed E-state index contributed by atoms with van der Waals surface area (Å²) in [6.07, 6.45) is 2.68. The molecule has 0 unspecified atom stereocenters. The van der Waals surface area contributed by atoms with Crippen molar-refractivity contribution in [3.05, 3.63) is 64.9 Å². The minimum Gasteiger partial charge on any atom is -0.461 e. The van der Waals surface area contributed by atoms with E-state index in [-0.39, 0.29) is 12.6 Å². The van der Waals surface area contributed by atoms with Gasteiger partial charge in [-0.2, -0.15) is 0 Å². The van der Waals surface area contributed by atoms with E-state index in [1.54, 1.807) is 18.3 Å². The molecular formula is C15H14ClNO2. The highest BCUT2D eigenvalue weighted by atomic mass is 35.5. The summed E-state index contributed by atoms with van der Waals surface area (Å²) in [7, 11) is 0. The molecule has 19 heavy (non-hydrogen) atoms. The van der Waals surface area contributed by atoms with Crippen LogP contribution in [-0.2, 0) is 22.6 Å². The van der Waals surface area contributed by atoms with Crippen molar-refractivity contribution in [2.45, 2.75) is 19.4 Å². The Labute approximate surface area is 117 Å². The van der Waals surface area contributed by atoms with Crippen molar-refractivity contribution in [2.75, 3.05) is 0 Å². The second kappa shape index (κ2) is 6.90. The molecule has 3 nitrogen and oxygen atoms in total. The van der Waals surface area contributed by atoms with E-state index in [0.717, 1.165) is 11.1 Å². The molecule has 0 saturated heterocycles. The number of rotatable bonds is 5. The molecule has 0 saturated carbocycles. The maximum absolute atomic E-state index is 11.6. The molecule has 4 heteroatoms. The fraction of sp³-hybridized carbons (Fsp3) is 0.200. The van der Waals surface area contributed by atoms with Crippen molar-refractivity contribution in [3.63, 3.8) is 0 Å². The van der Waals surface area contributed by atoms with Gasteiger partial charge in [0.2, 0.25) is 0 Å². The summed E-state index contributed by atoms with van der Waals surface area (Å²) in [5, 5.41) is 0.430. The predicted molar refractivity (Wildman–Crippen MR) is 73.8 cm³/mol. The van der Waals surface area contributed by atoms with Crippen LogP contribution in [0, 0.1) is 0 Å². The molecule has 0 spiro atoms. The lowest BCUT2D eigenvalue weighted by molar-refractivity contribution is -0.144. The van der Waals surface area contributed by atoms with Crippen LogP contribution in [0.25, 0.3) is 0 Å². The summed E-state index contributed by atoms with van der Waals surface area (Å²) in [6, 6.07) is 13.3. The number of hydrogen-bond acceptors (Lipinski definition) is 3. The van der Waals surface area contributed by atoms with Gasteiger partial charge in [0, 0.05) is 18.2 Å². The summed E-state index contributed by atoms with van der Waals surface area (Å²) >= 11 is 5.67. The van der Waals surface area contributed by atoms with Crippen LogP contribution in [0.15, 0.2) is 48.7 Å². The zero-order valence-electron chi connectivity index (χ0n) is 10.4. The highest BCUT2D eigenvalue weighted by Crippen LogP contribution is 2.08. The van der Waals surface area contributed by atoms with E-state index in [9.17, 15) is 4.79 Å². The SMILES string of the molecule is O=C(CCc1ccccc1)OCc1ccc(Cl)nc1. The Bertz CT molecular complexity index is 526. The number of benzene rings is 1. The van der Waals surface area contributed by atoms with Gasteiger partial charge < -0.3 is 4.74 Å². The number of hydrogen-bond donors (Lipinski definition) is 0. The largest absolute Gasteiger partial charge is 0.461 e. The van der Waals surface area contributed by atoms with Crippen molar-refractivity contribution in [1.29, 1.82) is 0 Å². The topological polar surface area (TPSA) is 39.2 Å². The lowest BCUT2D eigenvalue weighted by Gasteiger charge is -2.05. The van der Waals surface area contributed by atoms with Crippen LogP contribution in [0.4, 0.5) is 0 Å². The molecule has 0 aliphatic heterocycles. The number of esters is 1. The third-order valence-electron chi connectivity index (χ3n) is 2.65. The first-order valence-electron chi connectivity index (χ1n) is 6.04. The molecule has 1 aromatic carbocycles. The summed E-state index contributed by atoms with van der Waals surface area (Å²) in [6.45, 7) is 0.234. The van der Waals surface area contributed by atoms with E-state index in [1.165, 1.54) is 0 Å². The number of carbonyl (C=O) groups is 1. The first kappa shape index (κ1) is 13.6. The summed E-state index contributed by atoms with van der Waals surface area (Å²) in [5.74, 6) is -0.209. The highest BCUT2D eigenvalue weighted by Gasteiger charge is 2.04. The van der Waals surface area contributed by atoms with Gasteiger partial charge in [-0.25, -0.2) is 4.98 Å².